The summed E-state index contributed by atoms with van der Waals surface area (Å²) < 4.78 is 10.5. The van der Waals surface area contributed by atoms with E-state index in [0.29, 0.717) is 6.04 Å². The monoisotopic (exact) mass is 280 g/mol. The second-order valence-corrected chi connectivity index (χ2v) is 5.15. The summed E-state index contributed by atoms with van der Waals surface area (Å²) in [4.78, 5) is 0. The molecule has 1 aromatic rings. The van der Waals surface area contributed by atoms with Crippen molar-refractivity contribution >= 4 is 0 Å². The molecule has 2 N–H and O–H groups in total. The molecule has 0 unspecified atom stereocenters. The molecule has 0 saturated heterocycles. The molecule has 20 heavy (non-hydrogen) atoms. The number of methoxy groups -OCH3 is 2. The van der Waals surface area contributed by atoms with Crippen LogP contribution in [0.3, 0.4) is 0 Å². The highest BCUT2D eigenvalue weighted by Gasteiger charge is 2.04. The van der Waals surface area contributed by atoms with E-state index in [2.05, 4.69) is 30.5 Å². The molecule has 4 heteroatoms. The number of nitrogens with one attached hydrogen (secondary N) is 2. The number of ether oxygens (including phenoxy) is 2. The van der Waals surface area contributed by atoms with Gasteiger partial charge in [-0.05, 0) is 50.2 Å². The van der Waals surface area contributed by atoms with Crippen LogP contribution in [0.5, 0.6) is 11.5 Å². The maximum Gasteiger partial charge on any atom is 0.160 e. The molecule has 0 spiro atoms. The Bertz CT molecular complexity index is 381. The molecule has 0 amide bonds. The Morgan fingerprint density at radius 1 is 1.00 bits per heavy atom. The Kier molecular flexibility index (Phi) is 8.07. The molecule has 0 bridgehead atoms. The lowest BCUT2D eigenvalue weighted by molar-refractivity contribution is 0.354. The third-order valence-corrected chi connectivity index (χ3v) is 3.12. The number of hydrogen-bond acceptors (Lipinski definition) is 4. The van der Waals surface area contributed by atoms with Crippen molar-refractivity contribution in [3.8, 4) is 11.5 Å². The van der Waals surface area contributed by atoms with Crippen LogP contribution in [-0.2, 0) is 6.42 Å². The van der Waals surface area contributed by atoms with Crippen molar-refractivity contribution in [1.82, 2.24) is 10.6 Å². The summed E-state index contributed by atoms with van der Waals surface area (Å²) in [7, 11) is 3.33. The van der Waals surface area contributed by atoms with Crippen LogP contribution in [0.1, 0.15) is 25.8 Å². The number of benzene rings is 1. The van der Waals surface area contributed by atoms with Crippen LogP contribution in [0.4, 0.5) is 0 Å². The molecule has 0 atom stereocenters. The number of rotatable bonds is 10. The van der Waals surface area contributed by atoms with Crippen molar-refractivity contribution in [3.05, 3.63) is 23.8 Å². The van der Waals surface area contributed by atoms with Crippen molar-refractivity contribution in [2.45, 2.75) is 32.7 Å². The summed E-state index contributed by atoms with van der Waals surface area (Å²) in [5.74, 6) is 1.58. The molecule has 0 radical (unpaired) electrons. The van der Waals surface area contributed by atoms with Gasteiger partial charge in [-0.2, -0.15) is 0 Å². The summed E-state index contributed by atoms with van der Waals surface area (Å²) in [5, 5.41) is 6.87. The highest BCUT2D eigenvalue weighted by Crippen LogP contribution is 2.27. The van der Waals surface area contributed by atoms with Crippen LogP contribution in [0.15, 0.2) is 18.2 Å². The minimum Gasteiger partial charge on any atom is -0.493 e. The van der Waals surface area contributed by atoms with Gasteiger partial charge >= 0.3 is 0 Å². The van der Waals surface area contributed by atoms with Crippen molar-refractivity contribution in [2.24, 2.45) is 0 Å². The van der Waals surface area contributed by atoms with Gasteiger partial charge in [0, 0.05) is 6.04 Å². The van der Waals surface area contributed by atoms with E-state index in [1.54, 1.807) is 14.2 Å². The van der Waals surface area contributed by atoms with Crippen molar-refractivity contribution in [1.29, 1.82) is 0 Å². The van der Waals surface area contributed by atoms with Crippen LogP contribution in [0.25, 0.3) is 0 Å². The predicted octanol–water partition coefficient (Wildman–Crippen LogP) is 2.22. The molecule has 0 fully saturated rings. The third-order valence-electron chi connectivity index (χ3n) is 3.12. The third kappa shape index (κ3) is 6.26. The topological polar surface area (TPSA) is 42.5 Å². The fourth-order valence-corrected chi connectivity index (χ4v) is 2.00. The van der Waals surface area contributed by atoms with Crippen molar-refractivity contribution in [3.63, 3.8) is 0 Å². The van der Waals surface area contributed by atoms with Crippen LogP contribution in [-0.4, -0.2) is 39.9 Å². The van der Waals surface area contributed by atoms with Gasteiger partial charge in [-0.1, -0.05) is 19.9 Å². The van der Waals surface area contributed by atoms with Gasteiger partial charge in [0.25, 0.3) is 0 Å². The molecule has 114 valence electrons. The maximum absolute atomic E-state index is 5.31. The zero-order valence-corrected chi connectivity index (χ0v) is 13.2. The summed E-state index contributed by atoms with van der Waals surface area (Å²) >= 11 is 0. The lowest BCUT2D eigenvalue weighted by atomic mass is 10.1. The molecule has 4 nitrogen and oxygen atoms in total. The average molecular weight is 280 g/mol. The van der Waals surface area contributed by atoms with Gasteiger partial charge < -0.3 is 20.1 Å². The van der Waals surface area contributed by atoms with Gasteiger partial charge in [-0.3, -0.25) is 0 Å². The van der Waals surface area contributed by atoms with E-state index in [1.807, 2.05) is 12.1 Å². The van der Waals surface area contributed by atoms with Gasteiger partial charge in [0.15, 0.2) is 11.5 Å². The number of hydrogen-bond donors (Lipinski definition) is 2. The minimum atomic E-state index is 0.571. The van der Waals surface area contributed by atoms with Gasteiger partial charge in [-0.25, -0.2) is 0 Å². The molecule has 0 aromatic heterocycles. The summed E-state index contributed by atoms with van der Waals surface area (Å²) in [5.41, 5.74) is 1.26. The minimum absolute atomic E-state index is 0.571. The van der Waals surface area contributed by atoms with E-state index in [9.17, 15) is 0 Å². The molecule has 1 rings (SSSR count). The van der Waals surface area contributed by atoms with Gasteiger partial charge in [0.2, 0.25) is 0 Å². The Balaban J connectivity index is 2.22. The smallest absolute Gasteiger partial charge is 0.160 e. The average Bonchev–Trinajstić information content (AvgIpc) is 2.45. The van der Waals surface area contributed by atoms with E-state index >= 15 is 0 Å². The largest absolute Gasteiger partial charge is 0.493 e. The van der Waals surface area contributed by atoms with Gasteiger partial charge in [0.05, 0.1) is 14.2 Å². The van der Waals surface area contributed by atoms with E-state index < -0.39 is 0 Å². The van der Waals surface area contributed by atoms with E-state index in [-0.39, 0.29) is 0 Å². The Morgan fingerprint density at radius 2 is 1.75 bits per heavy atom. The lowest BCUT2D eigenvalue weighted by Gasteiger charge is -2.10. The van der Waals surface area contributed by atoms with Crippen LogP contribution in [0, 0.1) is 0 Å². The summed E-state index contributed by atoms with van der Waals surface area (Å²) in [6.07, 6.45) is 2.15. The van der Waals surface area contributed by atoms with Crippen LogP contribution >= 0.6 is 0 Å². The fourth-order valence-electron chi connectivity index (χ4n) is 2.00. The fraction of sp³-hybridized carbons (Fsp3) is 0.625. The Morgan fingerprint density at radius 3 is 2.40 bits per heavy atom. The zero-order valence-electron chi connectivity index (χ0n) is 13.2. The Hall–Kier alpha value is -1.26. The second-order valence-electron chi connectivity index (χ2n) is 5.15. The van der Waals surface area contributed by atoms with Crippen LogP contribution in [0.2, 0.25) is 0 Å². The predicted molar refractivity (Wildman–Crippen MR) is 83.9 cm³/mol. The highest BCUT2D eigenvalue weighted by molar-refractivity contribution is 5.42. The first-order chi connectivity index (χ1) is 9.67. The first-order valence-electron chi connectivity index (χ1n) is 7.32. The highest BCUT2D eigenvalue weighted by atomic mass is 16.5. The summed E-state index contributed by atoms with van der Waals surface area (Å²) in [6, 6.07) is 6.66. The first kappa shape index (κ1) is 16.8. The molecule has 0 aliphatic rings. The van der Waals surface area contributed by atoms with Crippen LogP contribution < -0.4 is 20.1 Å². The quantitative estimate of drug-likeness (QED) is 0.645. The van der Waals surface area contributed by atoms with Gasteiger partial charge in [0.1, 0.15) is 0 Å². The lowest BCUT2D eigenvalue weighted by Crippen LogP contribution is -2.27. The molecule has 0 aliphatic carbocycles. The molecule has 0 aliphatic heterocycles. The first-order valence-corrected chi connectivity index (χ1v) is 7.32. The summed E-state index contributed by atoms with van der Waals surface area (Å²) in [6.45, 7) is 7.44. The van der Waals surface area contributed by atoms with Crippen molar-refractivity contribution < 1.29 is 9.47 Å². The van der Waals surface area contributed by atoms with Gasteiger partial charge in [-0.15, -0.1) is 0 Å². The maximum atomic E-state index is 5.31. The van der Waals surface area contributed by atoms with Crippen molar-refractivity contribution in [2.75, 3.05) is 33.9 Å². The molecule has 0 saturated carbocycles. The molecular weight excluding hydrogens is 252 g/mol. The normalized spacial score (nSPS) is 10.8. The SMILES string of the molecule is COc1ccc(CCNCCCNC(C)C)cc1OC. The van der Waals surface area contributed by atoms with E-state index in [1.165, 1.54) is 5.56 Å². The molecular formula is C16H28N2O2. The second kappa shape index (κ2) is 9.61. The molecule has 0 heterocycles. The standard InChI is InChI=1S/C16H28N2O2/c1-13(2)18-10-5-9-17-11-8-14-6-7-15(19-3)16(12-14)20-4/h6-7,12-13,17-18H,5,8-11H2,1-4H3. The molecule has 1 aromatic carbocycles. The Labute approximate surface area is 122 Å². The van der Waals surface area contributed by atoms with E-state index in [4.69, 9.17) is 9.47 Å². The zero-order chi connectivity index (χ0) is 14.8. The van der Waals surface area contributed by atoms with E-state index in [0.717, 1.165) is 44.0 Å².